The standard InChI is InChI=1S/C8H16N4/c1-6(9)3-4-8-11-5-7(10)12(8)2/h5-6H,3-4,9-10H2,1-2H3. The van der Waals surface area contributed by atoms with Crippen molar-refractivity contribution in [2.24, 2.45) is 12.8 Å². The topological polar surface area (TPSA) is 69.9 Å². The Morgan fingerprint density at radius 1 is 1.67 bits per heavy atom. The lowest BCUT2D eigenvalue weighted by atomic mass is 10.2. The molecule has 1 heterocycles. The van der Waals surface area contributed by atoms with Gasteiger partial charge in [0.1, 0.15) is 11.6 Å². The predicted molar refractivity (Wildman–Crippen MR) is 49.6 cm³/mol. The van der Waals surface area contributed by atoms with Crippen LogP contribution in [0.3, 0.4) is 0 Å². The fraction of sp³-hybridized carbons (Fsp3) is 0.625. The number of aromatic nitrogens is 2. The van der Waals surface area contributed by atoms with E-state index in [9.17, 15) is 0 Å². The van der Waals surface area contributed by atoms with Crippen LogP contribution in [0, 0.1) is 0 Å². The highest BCUT2D eigenvalue weighted by atomic mass is 15.1. The molecule has 0 fully saturated rings. The Morgan fingerprint density at radius 3 is 2.75 bits per heavy atom. The van der Waals surface area contributed by atoms with Gasteiger partial charge >= 0.3 is 0 Å². The summed E-state index contributed by atoms with van der Waals surface area (Å²) in [4.78, 5) is 4.17. The lowest BCUT2D eigenvalue weighted by molar-refractivity contribution is 0.634. The zero-order valence-electron chi connectivity index (χ0n) is 7.62. The van der Waals surface area contributed by atoms with E-state index in [0.717, 1.165) is 18.7 Å². The molecule has 0 radical (unpaired) electrons. The fourth-order valence-corrected chi connectivity index (χ4v) is 1.05. The normalized spacial score (nSPS) is 13.2. The Hall–Kier alpha value is -1.03. The summed E-state index contributed by atoms with van der Waals surface area (Å²) in [6, 6.07) is 0.225. The second-order valence-corrected chi connectivity index (χ2v) is 3.17. The van der Waals surface area contributed by atoms with E-state index in [1.807, 2.05) is 18.5 Å². The molecule has 0 spiro atoms. The highest BCUT2D eigenvalue weighted by Crippen LogP contribution is 2.06. The van der Waals surface area contributed by atoms with Crippen LogP contribution in [0.5, 0.6) is 0 Å². The lowest BCUT2D eigenvalue weighted by Gasteiger charge is -2.05. The van der Waals surface area contributed by atoms with Crippen molar-refractivity contribution in [3.05, 3.63) is 12.0 Å². The smallest absolute Gasteiger partial charge is 0.123 e. The summed E-state index contributed by atoms with van der Waals surface area (Å²) >= 11 is 0. The van der Waals surface area contributed by atoms with Gasteiger partial charge in [-0.2, -0.15) is 0 Å². The van der Waals surface area contributed by atoms with Crippen molar-refractivity contribution in [3.63, 3.8) is 0 Å². The van der Waals surface area contributed by atoms with Crippen LogP contribution in [0.15, 0.2) is 6.20 Å². The third-order valence-electron chi connectivity index (χ3n) is 1.94. The quantitative estimate of drug-likeness (QED) is 0.681. The first-order valence-electron chi connectivity index (χ1n) is 4.13. The maximum absolute atomic E-state index is 5.63. The lowest BCUT2D eigenvalue weighted by Crippen LogP contribution is -2.16. The third-order valence-corrected chi connectivity index (χ3v) is 1.94. The number of imidazole rings is 1. The highest BCUT2D eigenvalue weighted by Gasteiger charge is 2.03. The number of rotatable bonds is 3. The van der Waals surface area contributed by atoms with Crippen LogP contribution < -0.4 is 11.5 Å². The summed E-state index contributed by atoms with van der Waals surface area (Å²) in [6.07, 6.45) is 3.52. The van der Waals surface area contributed by atoms with E-state index in [4.69, 9.17) is 11.5 Å². The van der Waals surface area contributed by atoms with Gasteiger partial charge in [-0.05, 0) is 13.3 Å². The van der Waals surface area contributed by atoms with Crippen molar-refractivity contribution < 1.29 is 0 Å². The van der Waals surface area contributed by atoms with Crippen molar-refractivity contribution in [1.82, 2.24) is 9.55 Å². The van der Waals surface area contributed by atoms with Gasteiger partial charge in [0.05, 0.1) is 6.20 Å². The molecule has 4 N–H and O–H groups in total. The molecule has 0 saturated carbocycles. The molecule has 0 aliphatic rings. The average Bonchev–Trinajstić information content (AvgIpc) is 2.30. The minimum atomic E-state index is 0.225. The van der Waals surface area contributed by atoms with Crippen LogP contribution in [-0.4, -0.2) is 15.6 Å². The van der Waals surface area contributed by atoms with Crippen LogP contribution in [-0.2, 0) is 13.5 Å². The molecule has 4 nitrogen and oxygen atoms in total. The highest BCUT2D eigenvalue weighted by molar-refractivity contribution is 5.27. The van der Waals surface area contributed by atoms with E-state index in [1.54, 1.807) is 6.20 Å². The first-order valence-corrected chi connectivity index (χ1v) is 4.13. The molecule has 1 aromatic heterocycles. The minimum Gasteiger partial charge on any atom is -0.384 e. The molecule has 12 heavy (non-hydrogen) atoms. The Bertz CT molecular complexity index is 252. The predicted octanol–water partition coefficient (Wildman–Crippen LogP) is 0.282. The molecule has 0 bridgehead atoms. The molecule has 1 aromatic rings. The Kier molecular flexibility index (Phi) is 2.70. The Labute approximate surface area is 72.6 Å². The second-order valence-electron chi connectivity index (χ2n) is 3.17. The summed E-state index contributed by atoms with van der Waals surface area (Å²) in [5.74, 6) is 1.71. The molecule has 0 amide bonds. The number of nitrogen functional groups attached to an aromatic ring is 1. The van der Waals surface area contributed by atoms with Crippen LogP contribution in [0.25, 0.3) is 0 Å². The van der Waals surface area contributed by atoms with Gasteiger partial charge in [-0.1, -0.05) is 0 Å². The molecule has 1 atom stereocenters. The van der Waals surface area contributed by atoms with Crippen LogP contribution in [0.2, 0.25) is 0 Å². The zero-order chi connectivity index (χ0) is 9.14. The molecular formula is C8H16N4. The number of nitrogens with two attached hydrogens (primary N) is 2. The number of hydrogen-bond donors (Lipinski definition) is 2. The van der Waals surface area contributed by atoms with E-state index in [2.05, 4.69) is 4.98 Å². The number of hydrogen-bond acceptors (Lipinski definition) is 3. The van der Waals surface area contributed by atoms with E-state index < -0.39 is 0 Å². The van der Waals surface area contributed by atoms with Crippen LogP contribution in [0.4, 0.5) is 5.82 Å². The zero-order valence-corrected chi connectivity index (χ0v) is 7.62. The first kappa shape index (κ1) is 9.06. The number of anilines is 1. The SMILES string of the molecule is CC(N)CCc1ncc(N)n1C. The molecule has 1 unspecified atom stereocenters. The van der Waals surface area contributed by atoms with Gasteiger partial charge in [0.2, 0.25) is 0 Å². The molecule has 0 aliphatic heterocycles. The van der Waals surface area contributed by atoms with Gasteiger partial charge in [-0.3, -0.25) is 0 Å². The molecule has 0 aromatic carbocycles. The number of aryl methyl sites for hydroxylation is 1. The van der Waals surface area contributed by atoms with E-state index in [1.165, 1.54) is 0 Å². The van der Waals surface area contributed by atoms with Crippen molar-refractivity contribution >= 4 is 5.82 Å². The first-order chi connectivity index (χ1) is 5.61. The molecule has 4 heteroatoms. The van der Waals surface area contributed by atoms with Crippen LogP contribution >= 0.6 is 0 Å². The summed E-state index contributed by atoms with van der Waals surface area (Å²) in [5.41, 5.74) is 11.2. The largest absolute Gasteiger partial charge is 0.384 e. The van der Waals surface area contributed by atoms with E-state index in [-0.39, 0.29) is 6.04 Å². The summed E-state index contributed by atoms with van der Waals surface area (Å²) in [7, 11) is 1.92. The van der Waals surface area contributed by atoms with Gasteiger partial charge < -0.3 is 16.0 Å². The van der Waals surface area contributed by atoms with Crippen molar-refractivity contribution in [1.29, 1.82) is 0 Å². The third kappa shape index (κ3) is 1.98. The van der Waals surface area contributed by atoms with Crippen molar-refractivity contribution in [3.8, 4) is 0 Å². The second kappa shape index (κ2) is 3.58. The van der Waals surface area contributed by atoms with Gasteiger partial charge in [-0.15, -0.1) is 0 Å². The summed E-state index contributed by atoms with van der Waals surface area (Å²) < 4.78 is 1.89. The number of nitrogens with zero attached hydrogens (tertiary/aromatic N) is 2. The molecule has 0 saturated heterocycles. The maximum Gasteiger partial charge on any atom is 0.123 e. The van der Waals surface area contributed by atoms with Gasteiger partial charge in [0.25, 0.3) is 0 Å². The van der Waals surface area contributed by atoms with Gasteiger partial charge in [0.15, 0.2) is 0 Å². The summed E-state index contributed by atoms with van der Waals surface area (Å²) in [5, 5.41) is 0. The average molecular weight is 168 g/mol. The molecule has 1 rings (SSSR count). The minimum absolute atomic E-state index is 0.225. The Balaban J connectivity index is 2.58. The van der Waals surface area contributed by atoms with E-state index >= 15 is 0 Å². The molecular weight excluding hydrogens is 152 g/mol. The van der Waals surface area contributed by atoms with Gasteiger partial charge in [-0.25, -0.2) is 4.98 Å². The van der Waals surface area contributed by atoms with Crippen molar-refractivity contribution in [2.75, 3.05) is 5.73 Å². The monoisotopic (exact) mass is 168 g/mol. The summed E-state index contributed by atoms with van der Waals surface area (Å²) in [6.45, 7) is 1.99. The van der Waals surface area contributed by atoms with Crippen LogP contribution in [0.1, 0.15) is 19.2 Å². The van der Waals surface area contributed by atoms with Crippen molar-refractivity contribution in [2.45, 2.75) is 25.8 Å². The molecule has 0 aliphatic carbocycles. The maximum atomic E-state index is 5.63. The van der Waals surface area contributed by atoms with E-state index in [0.29, 0.717) is 5.82 Å². The molecule has 68 valence electrons. The fourth-order valence-electron chi connectivity index (χ4n) is 1.05. The van der Waals surface area contributed by atoms with Gasteiger partial charge in [0, 0.05) is 19.5 Å². The Morgan fingerprint density at radius 2 is 2.33 bits per heavy atom.